The van der Waals surface area contributed by atoms with E-state index < -0.39 is 0 Å². The van der Waals surface area contributed by atoms with Gasteiger partial charge >= 0.3 is 0 Å². The highest BCUT2D eigenvalue weighted by Crippen LogP contribution is 2.47. The highest BCUT2D eigenvalue weighted by molar-refractivity contribution is 5.81. The number of rotatable bonds is 5. The summed E-state index contributed by atoms with van der Waals surface area (Å²) >= 11 is 0. The van der Waals surface area contributed by atoms with Crippen LogP contribution in [0.4, 0.5) is 0 Å². The summed E-state index contributed by atoms with van der Waals surface area (Å²) < 4.78 is 5.74. The second kappa shape index (κ2) is 4.75. The van der Waals surface area contributed by atoms with Gasteiger partial charge in [0.2, 0.25) is 0 Å². The Morgan fingerprint density at radius 3 is 2.50 bits per heavy atom. The van der Waals surface area contributed by atoms with Crippen LogP contribution in [0.25, 0.3) is 0 Å². The van der Waals surface area contributed by atoms with Crippen LogP contribution in [0.1, 0.15) is 72.3 Å². The van der Waals surface area contributed by atoms with Crippen LogP contribution in [0.3, 0.4) is 0 Å². The molecule has 1 aromatic carbocycles. The van der Waals surface area contributed by atoms with Crippen molar-refractivity contribution in [2.24, 2.45) is 0 Å². The predicted molar refractivity (Wildman–Crippen MR) is 71.6 cm³/mol. The minimum absolute atomic E-state index is 0.615. The molecule has 0 atom stereocenters. The Labute approximate surface area is 108 Å². The van der Waals surface area contributed by atoms with Crippen molar-refractivity contribution < 1.29 is 9.53 Å². The zero-order valence-corrected chi connectivity index (χ0v) is 10.9. The highest BCUT2D eigenvalue weighted by Gasteiger charge is 2.29. The summed E-state index contributed by atoms with van der Waals surface area (Å²) in [6.07, 6.45) is 7.30. The fourth-order valence-corrected chi connectivity index (χ4v) is 2.77. The summed E-state index contributed by atoms with van der Waals surface area (Å²) in [6.45, 7) is 2.61. The Bertz CT molecular complexity index is 456. The zero-order chi connectivity index (χ0) is 12.5. The third kappa shape index (κ3) is 2.05. The molecule has 2 aliphatic rings. The molecule has 0 saturated heterocycles. The summed E-state index contributed by atoms with van der Waals surface area (Å²) in [4.78, 5) is 11.3. The quantitative estimate of drug-likeness (QED) is 0.731. The average molecular weight is 244 g/mol. The molecule has 0 spiro atoms. The van der Waals surface area contributed by atoms with Gasteiger partial charge in [0.25, 0.3) is 0 Å². The molecule has 18 heavy (non-hydrogen) atoms. The number of carbonyl (C=O) groups excluding carboxylic acids is 1. The van der Waals surface area contributed by atoms with Crippen molar-refractivity contribution in [1.29, 1.82) is 0 Å². The number of carbonyl (C=O) groups is 1. The molecular formula is C16H20O2. The molecule has 2 heteroatoms. The average Bonchev–Trinajstić information content (AvgIpc) is 3.12. The molecule has 0 N–H and O–H groups in total. The molecule has 0 amide bonds. The molecule has 2 fully saturated rings. The van der Waals surface area contributed by atoms with Crippen molar-refractivity contribution in [2.45, 2.75) is 50.9 Å². The standard InChI is InChI=1S/C16H20O2/c1-2-18-16-14(10-17)8-13(11-6-7-11)9-15(16)12-4-3-5-12/h8-12H,2-7H2,1H3. The van der Waals surface area contributed by atoms with Crippen LogP contribution in [0.5, 0.6) is 5.75 Å². The van der Waals surface area contributed by atoms with E-state index in [2.05, 4.69) is 6.07 Å². The summed E-state index contributed by atoms with van der Waals surface area (Å²) in [7, 11) is 0. The number of ether oxygens (including phenoxy) is 1. The Morgan fingerprint density at radius 1 is 1.22 bits per heavy atom. The lowest BCUT2D eigenvalue weighted by Crippen LogP contribution is -2.12. The molecule has 0 unspecified atom stereocenters. The van der Waals surface area contributed by atoms with E-state index in [1.807, 2.05) is 13.0 Å². The van der Waals surface area contributed by atoms with Gasteiger partial charge < -0.3 is 4.74 Å². The van der Waals surface area contributed by atoms with E-state index in [4.69, 9.17) is 4.74 Å². The van der Waals surface area contributed by atoms with Crippen LogP contribution in [0.15, 0.2) is 12.1 Å². The van der Waals surface area contributed by atoms with Crippen LogP contribution in [-0.2, 0) is 0 Å². The van der Waals surface area contributed by atoms with E-state index in [0.29, 0.717) is 18.4 Å². The van der Waals surface area contributed by atoms with Gasteiger partial charge in [-0.2, -0.15) is 0 Å². The molecule has 0 heterocycles. The zero-order valence-electron chi connectivity index (χ0n) is 10.9. The van der Waals surface area contributed by atoms with Gasteiger partial charge in [-0.3, -0.25) is 4.79 Å². The first-order chi connectivity index (χ1) is 8.83. The van der Waals surface area contributed by atoms with Gasteiger partial charge in [-0.05, 0) is 61.6 Å². The van der Waals surface area contributed by atoms with Crippen molar-refractivity contribution >= 4 is 6.29 Å². The van der Waals surface area contributed by atoms with Crippen molar-refractivity contribution in [3.05, 3.63) is 28.8 Å². The van der Waals surface area contributed by atoms with E-state index in [9.17, 15) is 4.79 Å². The minimum Gasteiger partial charge on any atom is -0.493 e. The van der Waals surface area contributed by atoms with Crippen LogP contribution in [0.2, 0.25) is 0 Å². The molecule has 3 rings (SSSR count). The molecule has 2 aliphatic carbocycles. The van der Waals surface area contributed by atoms with Gasteiger partial charge in [-0.15, -0.1) is 0 Å². The van der Waals surface area contributed by atoms with Gasteiger partial charge in [0.1, 0.15) is 5.75 Å². The Kier molecular flexibility index (Phi) is 3.11. The largest absolute Gasteiger partial charge is 0.493 e. The van der Waals surface area contributed by atoms with Crippen molar-refractivity contribution in [3.8, 4) is 5.75 Å². The Balaban J connectivity index is 2.04. The van der Waals surface area contributed by atoms with Gasteiger partial charge in [0.05, 0.1) is 12.2 Å². The summed E-state index contributed by atoms with van der Waals surface area (Å²) in [5.41, 5.74) is 3.39. The lowest BCUT2D eigenvalue weighted by Gasteiger charge is -2.28. The smallest absolute Gasteiger partial charge is 0.153 e. The second-order valence-corrected chi connectivity index (χ2v) is 5.48. The van der Waals surface area contributed by atoms with Crippen LogP contribution < -0.4 is 4.74 Å². The molecule has 96 valence electrons. The van der Waals surface area contributed by atoms with Gasteiger partial charge in [0.15, 0.2) is 6.29 Å². The second-order valence-electron chi connectivity index (χ2n) is 5.48. The first-order valence-corrected chi connectivity index (χ1v) is 7.09. The molecular weight excluding hydrogens is 224 g/mol. The molecule has 1 aromatic rings. The lowest BCUT2D eigenvalue weighted by molar-refractivity contribution is 0.111. The molecule has 0 bridgehead atoms. The first-order valence-electron chi connectivity index (χ1n) is 7.09. The number of aldehydes is 1. The topological polar surface area (TPSA) is 26.3 Å². The Morgan fingerprint density at radius 2 is 2.00 bits per heavy atom. The van der Waals surface area contributed by atoms with Crippen LogP contribution in [-0.4, -0.2) is 12.9 Å². The molecule has 2 nitrogen and oxygen atoms in total. The van der Waals surface area contributed by atoms with Crippen molar-refractivity contribution in [3.63, 3.8) is 0 Å². The maximum absolute atomic E-state index is 11.3. The van der Waals surface area contributed by atoms with E-state index in [-0.39, 0.29) is 0 Å². The maximum Gasteiger partial charge on any atom is 0.153 e. The number of hydrogen-bond donors (Lipinski definition) is 0. The lowest BCUT2D eigenvalue weighted by atomic mass is 9.78. The summed E-state index contributed by atoms with van der Waals surface area (Å²) in [6, 6.07) is 4.34. The number of hydrogen-bond acceptors (Lipinski definition) is 2. The first kappa shape index (κ1) is 11.8. The van der Waals surface area contributed by atoms with Gasteiger partial charge in [0, 0.05) is 0 Å². The molecule has 2 saturated carbocycles. The summed E-state index contributed by atoms with van der Waals surface area (Å²) in [5.74, 6) is 2.16. The van der Waals surface area contributed by atoms with Crippen LogP contribution >= 0.6 is 0 Å². The fourth-order valence-electron chi connectivity index (χ4n) is 2.77. The Hall–Kier alpha value is -1.31. The highest BCUT2D eigenvalue weighted by atomic mass is 16.5. The van der Waals surface area contributed by atoms with Gasteiger partial charge in [-0.1, -0.05) is 12.5 Å². The van der Waals surface area contributed by atoms with Crippen molar-refractivity contribution in [2.75, 3.05) is 6.61 Å². The third-order valence-corrected chi connectivity index (χ3v) is 4.18. The monoisotopic (exact) mass is 244 g/mol. The normalized spacial score (nSPS) is 19.4. The third-order valence-electron chi connectivity index (χ3n) is 4.18. The molecule has 0 aliphatic heterocycles. The van der Waals surface area contributed by atoms with Crippen molar-refractivity contribution in [1.82, 2.24) is 0 Å². The molecule has 0 radical (unpaired) electrons. The predicted octanol–water partition coefficient (Wildman–Crippen LogP) is 4.04. The fraction of sp³-hybridized carbons (Fsp3) is 0.562. The van der Waals surface area contributed by atoms with Gasteiger partial charge in [-0.25, -0.2) is 0 Å². The van der Waals surface area contributed by atoms with E-state index >= 15 is 0 Å². The maximum atomic E-state index is 11.3. The SMILES string of the molecule is CCOc1c(C=O)cc(C2CC2)cc1C1CCC1. The van der Waals surface area contributed by atoms with E-state index in [1.165, 1.54) is 43.2 Å². The summed E-state index contributed by atoms with van der Waals surface area (Å²) in [5, 5.41) is 0. The molecule has 0 aromatic heterocycles. The van der Waals surface area contributed by atoms with Crippen LogP contribution in [0, 0.1) is 0 Å². The van der Waals surface area contributed by atoms with E-state index in [1.54, 1.807) is 0 Å². The van der Waals surface area contributed by atoms with E-state index in [0.717, 1.165) is 17.6 Å². The number of benzene rings is 1. The minimum atomic E-state index is 0.615.